The number of rotatable bonds is 3. The van der Waals surface area contributed by atoms with Gasteiger partial charge in [-0.2, -0.15) is 5.26 Å². The smallest absolute Gasteiger partial charge is 0.138 e. The third-order valence-electron chi connectivity index (χ3n) is 3.00. The number of anilines is 1. The second kappa shape index (κ2) is 5.27. The fourth-order valence-electron chi connectivity index (χ4n) is 2.00. The van der Waals surface area contributed by atoms with Gasteiger partial charge in [-0.1, -0.05) is 12.1 Å². The highest BCUT2D eigenvalue weighted by atomic mass is 32.1. The molecule has 0 bridgehead atoms. The summed E-state index contributed by atoms with van der Waals surface area (Å²) in [6.07, 6.45) is 1.58. The van der Waals surface area contributed by atoms with E-state index in [1.807, 2.05) is 24.3 Å². The lowest BCUT2D eigenvalue weighted by molar-refractivity contribution is 1.10. The van der Waals surface area contributed by atoms with Gasteiger partial charge in [-0.05, 0) is 30.7 Å². The second-order valence-corrected chi connectivity index (χ2v) is 5.70. The lowest BCUT2D eigenvalue weighted by Gasteiger charge is -2.06. The van der Waals surface area contributed by atoms with Crippen LogP contribution >= 0.6 is 11.3 Å². The van der Waals surface area contributed by atoms with Crippen LogP contribution in [0.25, 0.3) is 10.2 Å². The third kappa shape index (κ3) is 2.46. The number of nitrogens with zero attached hydrogens (tertiary/aromatic N) is 3. The van der Waals surface area contributed by atoms with Crippen molar-refractivity contribution in [3.8, 4) is 6.07 Å². The fourth-order valence-corrected chi connectivity index (χ4v) is 2.85. The molecule has 3 rings (SSSR count). The molecule has 0 amide bonds. The minimum atomic E-state index is 0.673. The summed E-state index contributed by atoms with van der Waals surface area (Å²) in [7, 11) is 0. The number of hydrogen-bond donors (Lipinski definition) is 1. The molecule has 0 saturated carbocycles. The summed E-state index contributed by atoms with van der Waals surface area (Å²) in [5.41, 5.74) is 1.79. The maximum Gasteiger partial charge on any atom is 0.138 e. The van der Waals surface area contributed by atoms with Crippen LogP contribution < -0.4 is 5.32 Å². The largest absolute Gasteiger partial charge is 0.365 e. The Labute approximate surface area is 120 Å². The van der Waals surface area contributed by atoms with Gasteiger partial charge in [0.05, 0.1) is 17.0 Å². The van der Waals surface area contributed by atoms with Crippen molar-refractivity contribution in [1.82, 2.24) is 9.97 Å². The number of fused-ring (bicyclic) bond motifs is 1. The number of aryl methyl sites for hydroxylation is 1. The van der Waals surface area contributed by atoms with E-state index in [0.29, 0.717) is 12.1 Å². The summed E-state index contributed by atoms with van der Waals surface area (Å²) in [6, 6.07) is 11.7. The average molecular weight is 280 g/mol. The fraction of sp³-hybridized carbons (Fsp3) is 0.133. The summed E-state index contributed by atoms with van der Waals surface area (Å²) in [4.78, 5) is 10.8. The van der Waals surface area contributed by atoms with E-state index in [1.54, 1.807) is 17.7 Å². The van der Waals surface area contributed by atoms with Gasteiger partial charge in [0.25, 0.3) is 0 Å². The van der Waals surface area contributed by atoms with Crippen LogP contribution in [0.3, 0.4) is 0 Å². The molecule has 0 fully saturated rings. The number of thiophene rings is 1. The predicted octanol–water partition coefficient (Wildman–Crippen LogP) is 3.48. The average Bonchev–Trinajstić information content (AvgIpc) is 2.86. The van der Waals surface area contributed by atoms with Crippen LogP contribution in [0, 0.1) is 18.3 Å². The van der Waals surface area contributed by atoms with Gasteiger partial charge in [0.15, 0.2) is 0 Å². The van der Waals surface area contributed by atoms with Crippen molar-refractivity contribution >= 4 is 27.4 Å². The van der Waals surface area contributed by atoms with Gasteiger partial charge in [0.1, 0.15) is 17.0 Å². The molecule has 4 nitrogen and oxygen atoms in total. The van der Waals surface area contributed by atoms with E-state index in [-0.39, 0.29) is 0 Å². The first-order valence-electron chi connectivity index (χ1n) is 6.20. The Hall–Kier alpha value is -2.45. The second-order valence-electron chi connectivity index (χ2n) is 4.46. The quantitative estimate of drug-likeness (QED) is 0.797. The zero-order valence-electron chi connectivity index (χ0n) is 10.9. The van der Waals surface area contributed by atoms with Gasteiger partial charge in [-0.25, -0.2) is 9.97 Å². The van der Waals surface area contributed by atoms with E-state index in [9.17, 15) is 0 Å². The Morgan fingerprint density at radius 2 is 2.05 bits per heavy atom. The van der Waals surface area contributed by atoms with Gasteiger partial charge in [-0.3, -0.25) is 0 Å². The highest BCUT2D eigenvalue weighted by Crippen LogP contribution is 2.27. The molecule has 0 spiro atoms. The molecule has 2 heterocycles. The molecule has 0 aliphatic rings. The predicted molar refractivity (Wildman–Crippen MR) is 80.6 cm³/mol. The summed E-state index contributed by atoms with van der Waals surface area (Å²) in [5.74, 6) is 0.851. The van der Waals surface area contributed by atoms with Crippen molar-refractivity contribution in [1.29, 1.82) is 5.26 Å². The number of hydrogen-bond acceptors (Lipinski definition) is 5. The minimum absolute atomic E-state index is 0.673. The van der Waals surface area contributed by atoms with Crippen LogP contribution in [0.15, 0.2) is 36.7 Å². The Morgan fingerprint density at radius 3 is 2.80 bits per heavy atom. The Kier molecular flexibility index (Phi) is 3.32. The maximum absolute atomic E-state index is 8.78. The van der Waals surface area contributed by atoms with E-state index >= 15 is 0 Å². The Morgan fingerprint density at radius 1 is 1.25 bits per heavy atom. The van der Waals surface area contributed by atoms with E-state index in [1.165, 1.54) is 4.88 Å². The minimum Gasteiger partial charge on any atom is -0.365 e. The summed E-state index contributed by atoms with van der Waals surface area (Å²) < 4.78 is 0. The topological polar surface area (TPSA) is 61.6 Å². The van der Waals surface area contributed by atoms with Gasteiger partial charge < -0.3 is 5.32 Å². The van der Waals surface area contributed by atoms with E-state index in [0.717, 1.165) is 21.6 Å². The molecular weight excluding hydrogens is 268 g/mol. The first kappa shape index (κ1) is 12.6. The molecule has 0 radical (unpaired) electrons. The van der Waals surface area contributed by atoms with Gasteiger partial charge in [0.2, 0.25) is 0 Å². The zero-order chi connectivity index (χ0) is 13.9. The van der Waals surface area contributed by atoms with E-state index < -0.39 is 0 Å². The van der Waals surface area contributed by atoms with Crippen LogP contribution in [-0.4, -0.2) is 9.97 Å². The van der Waals surface area contributed by atoms with E-state index in [2.05, 4.69) is 34.3 Å². The monoisotopic (exact) mass is 280 g/mol. The molecule has 1 N–H and O–H groups in total. The van der Waals surface area contributed by atoms with Crippen molar-refractivity contribution in [2.24, 2.45) is 0 Å². The van der Waals surface area contributed by atoms with Gasteiger partial charge in [-0.15, -0.1) is 11.3 Å². The molecule has 2 aromatic heterocycles. The molecular formula is C15H12N4S. The van der Waals surface area contributed by atoms with Crippen molar-refractivity contribution in [2.75, 3.05) is 5.32 Å². The number of benzene rings is 1. The summed E-state index contributed by atoms with van der Waals surface area (Å²) in [6.45, 7) is 2.74. The van der Waals surface area contributed by atoms with Crippen molar-refractivity contribution in [3.63, 3.8) is 0 Å². The highest BCUT2D eigenvalue weighted by Gasteiger charge is 2.06. The summed E-state index contributed by atoms with van der Waals surface area (Å²) >= 11 is 1.67. The van der Waals surface area contributed by atoms with Crippen LogP contribution in [-0.2, 0) is 6.54 Å². The maximum atomic E-state index is 8.78. The molecule has 0 unspecified atom stereocenters. The lowest BCUT2D eigenvalue weighted by Crippen LogP contribution is -2.01. The van der Waals surface area contributed by atoms with Crippen LogP contribution in [0.2, 0.25) is 0 Å². The van der Waals surface area contributed by atoms with Crippen LogP contribution in [0.4, 0.5) is 5.82 Å². The lowest BCUT2D eigenvalue weighted by atomic mass is 10.1. The zero-order valence-corrected chi connectivity index (χ0v) is 11.7. The highest BCUT2D eigenvalue weighted by molar-refractivity contribution is 7.18. The van der Waals surface area contributed by atoms with Crippen molar-refractivity contribution < 1.29 is 0 Å². The molecule has 0 saturated heterocycles. The Balaban J connectivity index is 1.81. The van der Waals surface area contributed by atoms with Crippen LogP contribution in [0.5, 0.6) is 0 Å². The van der Waals surface area contributed by atoms with Gasteiger partial charge >= 0.3 is 0 Å². The normalized spacial score (nSPS) is 10.4. The Bertz CT molecular complexity index is 784. The number of nitrogens with one attached hydrogen (secondary N) is 1. The number of nitriles is 1. The molecule has 20 heavy (non-hydrogen) atoms. The first-order chi connectivity index (χ1) is 9.76. The molecule has 0 aliphatic heterocycles. The van der Waals surface area contributed by atoms with Crippen molar-refractivity contribution in [2.45, 2.75) is 13.5 Å². The van der Waals surface area contributed by atoms with Crippen molar-refractivity contribution in [3.05, 3.63) is 52.7 Å². The molecule has 5 heteroatoms. The molecule has 0 aliphatic carbocycles. The van der Waals surface area contributed by atoms with Crippen LogP contribution in [0.1, 0.15) is 16.0 Å². The molecule has 98 valence electrons. The summed E-state index contributed by atoms with van der Waals surface area (Å²) in [5, 5.41) is 13.2. The molecule has 0 atom stereocenters. The van der Waals surface area contributed by atoms with Gasteiger partial charge in [0, 0.05) is 11.4 Å². The standard InChI is InChI=1S/C15H12N4S/c1-10-6-13-14(18-9-19-15(13)20-10)17-8-12-4-2-11(7-16)3-5-12/h2-6,9H,8H2,1H3,(H,17,18,19). The third-order valence-corrected chi connectivity index (χ3v) is 3.95. The number of aromatic nitrogens is 2. The van der Waals surface area contributed by atoms with E-state index in [4.69, 9.17) is 5.26 Å². The molecule has 1 aromatic carbocycles. The first-order valence-corrected chi connectivity index (χ1v) is 7.02. The molecule has 3 aromatic rings. The SMILES string of the molecule is Cc1cc2c(NCc3ccc(C#N)cc3)ncnc2s1.